The molecule has 5 heteroatoms. The van der Waals surface area contributed by atoms with E-state index in [0.717, 1.165) is 18.9 Å². The predicted octanol–water partition coefficient (Wildman–Crippen LogP) is 3.95. The molecular weight excluding hydrogens is 239 g/mol. The summed E-state index contributed by atoms with van der Waals surface area (Å²) < 4.78 is 37.6. The molecular formula is C11H13ClF3N. The summed E-state index contributed by atoms with van der Waals surface area (Å²) in [5.74, 6) is 0.561. The summed E-state index contributed by atoms with van der Waals surface area (Å²) in [6.45, 7) is 0.646. The Bertz CT molecular complexity index is 347. The molecule has 2 rings (SSSR count). The largest absolute Gasteiger partial charge is 0.418 e. The molecule has 90 valence electrons. The third-order valence-corrected chi connectivity index (χ3v) is 2.51. The Kier molecular flexibility index (Phi) is 4.08. The summed E-state index contributed by atoms with van der Waals surface area (Å²) in [7, 11) is 0. The molecule has 16 heavy (non-hydrogen) atoms. The van der Waals surface area contributed by atoms with Crippen molar-refractivity contribution in [3.05, 3.63) is 29.8 Å². The number of halogens is 4. The van der Waals surface area contributed by atoms with Crippen LogP contribution in [-0.2, 0) is 6.18 Å². The maximum absolute atomic E-state index is 12.5. The number of nitrogens with one attached hydrogen (secondary N) is 1. The molecule has 0 aromatic heterocycles. The van der Waals surface area contributed by atoms with Gasteiger partial charge in [-0.1, -0.05) is 12.1 Å². The zero-order valence-electron chi connectivity index (χ0n) is 8.55. The molecule has 1 saturated carbocycles. The number of para-hydroxylation sites is 1. The number of hydrogen-bond acceptors (Lipinski definition) is 1. The van der Waals surface area contributed by atoms with Gasteiger partial charge < -0.3 is 5.32 Å². The van der Waals surface area contributed by atoms with E-state index < -0.39 is 11.7 Å². The first-order valence-electron chi connectivity index (χ1n) is 4.97. The second-order valence-electron chi connectivity index (χ2n) is 3.87. The summed E-state index contributed by atoms with van der Waals surface area (Å²) in [6, 6.07) is 5.61. The van der Waals surface area contributed by atoms with Crippen LogP contribution in [0.4, 0.5) is 18.9 Å². The topological polar surface area (TPSA) is 12.0 Å². The van der Waals surface area contributed by atoms with Gasteiger partial charge in [0.25, 0.3) is 0 Å². The Labute approximate surface area is 98.4 Å². The normalized spacial score (nSPS) is 15.4. The van der Waals surface area contributed by atoms with E-state index >= 15 is 0 Å². The molecule has 1 nitrogen and oxygen atoms in total. The predicted molar refractivity (Wildman–Crippen MR) is 59.9 cm³/mol. The third kappa shape index (κ3) is 3.30. The summed E-state index contributed by atoms with van der Waals surface area (Å²) in [4.78, 5) is 0. The van der Waals surface area contributed by atoms with Gasteiger partial charge in [-0.15, -0.1) is 12.4 Å². The second kappa shape index (κ2) is 4.95. The molecule has 0 atom stereocenters. The van der Waals surface area contributed by atoms with Gasteiger partial charge in [-0.3, -0.25) is 0 Å². The van der Waals surface area contributed by atoms with Crippen LogP contribution >= 0.6 is 12.4 Å². The van der Waals surface area contributed by atoms with Gasteiger partial charge in [0.1, 0.15) is 0 Å². The molecule has 0 amide bonds. The van der Waals surface area contributed by atoms with Crippen LogP contribution in [0.5, 0.6) is 0 Å². The van der Waals surface area contributed by atoms with E-state index in [2.05, 4.69) is 5.32 Å². The number of hydrogen-bond donors (Lipinski definition) is 1. The minimum Gasteiger partial charge on any atom is -0.384 e. The van der Waals surface area contributed by atoms with Gasteiger partial charge in [-0.05, 0) is 30.9 Å². The molecule has 0 aliphatic heterocycles. The Morgan fingerprint density at radius 3 is 2.38 bits per heavy atom. The zero-order valence-corrected chi connectivity index (χ0v) is 9.37. The highest BCUT2D eigenvalue weighted by Gasteiger charge is 2.33. The maximum atomic E-state index is 12.5. The SMILES string of the molecule is Cl.FC(F)(F)c1ccccc1NCC1CC1. The van der Waals surface area contributed by atoms with Crippen LogP contribution in [0.1, 0.15) is 18.4 Å². The van der Waals surface area contributed by atoms with Gasteiger partial charge in [-0.25, -0.2) is 0 Å². The second-order valence-corrected chi connectivity index (χ2v) is 3.87. The molecule has 1 aromatic rings. The Hall–Kier alpha value is -0.900. The van der Waals surface area contributed by atoms with Gasteiger partial charge in [-0.2, -0.15) is 13.2 Å². The van der Waals surface area contributed by atoms with Crippen LogP contribution in [0.25, 0.3) is 0 Å². The molecule has 0 bridgehead atoms. The van der Waals surface area contributed by atoms with E-state index in [0.29, 0.717) is 12.5 Å². The minimum atomic E-state index is -4.27. The van der Waals surface area contributed by atoms with Crippen molar-refractivity contribution >= 4 is 18.1 Å². The van der Waals surface area contributed by atoms with Crippen molar-refractivity contribution in [2.24, 2.45) is 5.92 Å². The fraction of sp³-hybridized carbons (Fsp3) is 0.455. The number of alkyl halides is 3. The number of anilines is 1. The molecule has 1 aromatic carbocycles. The molecule has 0 spiro atoms. The first-order chi connectivity index (χ1) is 7.07. The lowest BCUT2D eigenvalue weighted by molar-refractivity contribution is -0.136. The van der Waals surface area contributed by atoms with Gasteiger partial charge in [0.2, 0.25) is 0 Å². The third-order valence-electron chi connectivity index (χ3n) is 2.51. The molecule has 1 aliphatic carbocycles. The van der Waals surface area contributed by atoms with E-state index in [4.69, 9.17) is 0 Å². The van der Waals surface area contributed by atoms with Crippen LogP contribution in [-0.4, -0.2) is 6.54 Å². The average molecular weight is 252 g/mol. The lowest BCUT2D eigenvalue weighted by Crippen LogP contribution is -2.12. The highest BCUT2D eigenvalue weighted by atomic mass is 35.5. The summed E-state index contributed by atoms with van der Waals surface area (Å²) in [6.07, 6.45) is -2.02. The van der Waals surface area contributed by atoms with Crippen molar-refractivity contribution in [2.45, 2.75) is 19.0 Å². The minimum absolute atomic E-state index is 0. The van der Waals surface area contributed by atoms with Gasteiger partial charge in [0.05, 0.1) is 5.56 Å². The van der Waals surface area contributed by atoms with Gasteiger partial charge in [0, 0.05) is 12.2 Å². The number of benzene rings is 1. The van der Waals surface area contributed by atoms with Crippen molar-refractivity contribution in [1.29, 1.82) is 0 Å². The number of rotatable bonds is 3. The molecule has 1 N–H and O–H groups in total. The molecule has 0 radical (unpaired) electrons. The van der Waals surface area contributed by atoms with E-state index in [1.807, 2.05) is 0 Å². The molecule has 0 heterocycles. The average Bonchev–Trinajstić information content (AvgIpc) is 2.97. The maximum Gasteiger partial charge on any atom is 0.418 e. The Morgan fingerprint density at radius 2 is 1.81 bits per heavy atom. The first kappa shape index (κ1) is 13.2. The lowest BCUT2D eigenvalue weighted by atomic mass is 10.1. The quantitative estimate of drug-likeness (QED) is 0.858. The van der Waals surface area contributed by atoms with Crippen molar-refractivity contribution in [1.82, 2.24) is 0 Å². The van der Waals surface area contributed by atoms with Gasteiger partial charge in [0.15, 0.2) is 0 Å². The smallest absolute Gasteiger partial charge is 0.384 e. The van der Waals surface area contributed by atoms with Crippen LogP contribution in [0.2, 0.25) is 0 Å². The van der Waals surface area contributed by atoms with Crippen molar-refractivity contribution in [3.8, 4) is 0 Å². The van der Waals surface area contributed by atoms with Crippen molar-refractivity contribution < 1.29 is 13.2 Å². The lowest BCUT2D eigenvalue weighted by Gasteiger charge is -2.13. The monoisotopic (exact) mass is 251 g/mol. The molecule has 0 unspecified atom stereocenters. The summed E-state index contributed by atoms with van der Waals surface area (Å²) in [5, 5.41) is 2.86. The fourth-order valence-electron chi connectivity index (χ4n) is 1.46. The van der Waals surface area contributed by atoms with Gasteiger partial charge >= 0.3 is 6.18 Å². The van der Waals surface area contributed by atoms with Crippen LogP contribution in [0.15, 0.2) is 24.3 Å². The van der Waals surface area contributed by atoms with Crippen LogP contribution < -0.4 is 5.32 Å². The Morgan fingerprint density at radius 1 is 1.19 bits per heavy atom. The van der Waals surface area contributed by atoms with Crippen LogP contribution in [0.3, 0.4) is 0 Å². The molecule has 0 saturated heterocycles. The van der Waals surface area contributed by atoms with E-state index in [1.54, 1.807) is 6.07 Å². The highest BCUT2D eigenvalue weighted by molar-refractivity contribution is 5.85. The van der Waals surface area contributed by atoms with E-state index in [-0.39, 0.29) is 18.1 Å². The first-order valence-corrected chi connectivity index (χ1v) is 4.97. The molecule has 1 fully saturated rings. The Balaban J connectivity index is 0.00000128. The fourth-order valence-corrected chi connectivity index (χ4v) is 1.46. The van der Waals surface area contributed by atoms with Crippen molar-refractivity contribution in [2.75, 3.05) is 11.9 Å². The van der Waals surface area contributed by atoms with E-state index in [9.17, 15) is 13.2 Å². The van der Waals surface area contributed by atoms with Crippen LogP contribution in [0, 0.1) is 5.92 Å². The summed E-state index contributed by atoms with van der Waals surface area (Å²) in [5.41, 5.74) is -0.387. The molecule has 1 aliphatic rings. The summed E-state index contributed by atoms with van der Waals surface area (Å²) >= 11 is 0. The highest BCUT2D eigenvalue weighted by Crippen LogP contribution is 2.35. The van der Waals surface area contributed by atoms with E-state index in [1.165, 1.54) is 12.1 Å². The van der Waals surface area contributed by atoms with Crippen molar-refractivity contribution in [3.63, 3.8) is 0 Å². The zero-order chi connectivity index (χ0) is 10.9. The standard InChI is InChI=1S/C11H12F3N.ClH/c12-11(13,14)9-3-1-2-4-10(9)15-7-8-5-6-8;/h1-4,8,15H,5-7H2;1H.